The number of hydrogen-bond donors (Lipinski definition) is 1. The summed E-state index contributed by atoms with van der Waals surface area (Å²) < 4.78 is 84.2. The number of carboxylic acids is 2. The minimum absolute atomic E-state index is 0.0317. The number of benzene rings is 4. The Kier molecular flexibility index (Phi) is 14.2. The van der Waals surface area contributed by atoms with Gasteiger partial charge in [0.15, 0.2) is 0 Å². The van der Waals surface area contributed by atoms with Crippen molar-refractivity contribution >= 4 is 47.2 Å². The topological polar surface area (TPSA) is 213 Å². The van der Waals surface area contributed by atoms with Gasteiger partial charge in [-0.25, -0.2) is 9.59 Å². The Morgan fingerprint density at radius 3 is 1.37 bits per heavy atom. The van der Waals surface area contributed by atoms with Gasteiger partial charge in [-0.1, -0.05) is 36.4 Å². The van der Waals surface area contributed by atoms with Crippen LogP contribution in [0.4, 0.5) is 47.3 Å². The summed E-state index contributed by atoms with van der Waals surface area (Å²) in [5, 5.41) is 41.0. The molecule has 0 saturated heterocycles. The molecule has 0 bridgehead atoms. The van der Waals surface area contributed by atoms with Gasteiger partial charge in [0.25, 0.3) is 11.8 Å². The third-order valence-corrected chi connectivity index (χ3v) is 13.5. The van der Waals surface area contributed by atoms with Gasteiger partial charge in [0.2, 0.25) is 0 Å². The number of carboxylic acid groups (broad SMARTS) is 2. The molecule has 4 heterocycles. The fourth-order valence-corrected chi connectivity index (χ4v) is 10.0. The van der Waals surface area contributed by atoms with Crippen LogP contribution in [0.15, 0.2) is 120 Å². The fourth-order valence-electron chi connectivity index (χ4n) is 10.0. The number of nitrogens with zero attached hydrogens (tertiary/aromatic N) is 9. The number of nitriles is 2. The minimum Gasteiger partial charge on any atom is -0.548 e. The molecule has 4 aromatic carbocycles. The van der Waals surface area contributed by atoms with E-state index in [-0.39, 0.29) is 82.3 Å². The molecule has 0 aromatic heterocycles. The van der Waals surface area contributed by atoms with Gasteiger partial charge in [0.05, 0.1) is 133 Å². The molecule has 0 radical (unpaired) electrons. The lowest BCUT2D eigenvalue weighted by molar-refractivity contribution is -0.890. The Morgan fingerprint density at radius 2 is 1.03 bits per heavy atom. The van der Waals surface area contributed by atoms with E-state index in [2.05, 4.69) is 0 Å². The van der Waals surface area contributed by atoms with Crippen molar-refractivity contribution in [1.82, 2.24) is 19.6 Å². The zero-order valence-corrected chi connectivity index (χ0v) is 40.1. The van der Waals surface area contributed by atoms with Crippen LogP contribution < -0.4 is 14.9 Å². The monoisotopic (exact) mass is 1040 g/mol. The number of rotatable bonds is 16. The Balaban J connectivity index is 1.01. The second-order valence-electron chi connectivity index (χ2n) is 18.9. The molecule has 2 atom stereocenters. The van der Waals surface area contributed by atoms with Crippen LogP contribution in [-0.2, 0) is 31.5 Å². The normalized spacial score (nSPS) is 18.2. The van der Waals surface area contributed by atoms with Gasteiger partial charge < -0.3 is 39.1 Å². The summed E-state index contributed by atoms with van der Waals surface area (Å²) in [7, 11) is 3.77. The number of quaternary nitrogens is 1. The predicted octanol–water partition coefficient (Wildman–Crippen LogP) is 6.02. The van der Waals surface area contributed by atoms with Crippen LogP contribution in [0.5, 0.6) is 0 Å². The van der Waals surface area contributed by atoms with Gasteiger partial charge in [-0.15, -0.1) is 0 Å². The zero-order chi connectivity index (χ0) is 54.3. The maximum absolute atomic E-state index is 14.6. The molecule has 6 amide bonds. The van der Waals surface area contributed by atoms with Crippen molar-refractivity contribution in [3.05, 3.63) is 153 Å². The van der Waals surface area contributed by atoms with E-state index in [9.17, 15) is 75.8 Å². The summed E-state index contributed by atoms with van der Waals surface area (Å²) in [6, 6.07) is 18.6. The second-order valence-corrected chi connectivity index (χ2v) is 18.9. The third-order valence-electron chi connectivity index (χ3n) is 13.5. The fraction of sp³-hybridized carbons (Fsp3) is 0.308. The average molecular weight is 1040 g/mol. The molecule has 0 spiro atoms. The van der Waals surface area contributed by atoms with E-state index in [4.69, 9.17) is 0 Å². The van der Waals surface area contributed by atoms with Crippen LogP contribution in [0.3, 0.4) is 0 Å². The number of carbonyl (C=O) groups excluding carboxylic acids is 5. The summed E-state index contributed by atoms with van der Waals surface area (Å²) in [6.45, 7) is -1.46. The molecule has 0 saturated carbocycles. The molecule has 0 unspecified atom stereocenters. The van der Waals surface area contributed by atoms with E-state index in [0.29, 0.717) is 30.4 Å². The Labute approximate surface area is 424 Å². The first-order valence-corrected chi connectivity index (χ1v) is 23.3. The second kappa shape index (κ2) is 20.3. The standard InChI is InChI=1S/C52H45F6N9O8/c1-67(2,21-5-19-61-27-39-43(47(61)72)45(33-15-11-31(25-59)12-16-33)63(29-41(68)69)49(74)65(39)37-9-3-7-35(23-37)51(53,54)55)22-6-20-62-28-40-44(48(62)73)46(34-17-13-32(26-60)14-18-34)64(30-42(70)71)50(75)66(40)38-10-4-8-36(24-38)52(56,57)58/h3-4,7-18,23-24,45-46H,5-6,19-22,27-30H2,1-2H3,(H-,68,69,70,71)/t45-,46-/m1/s1. The third kappa shape index (κ3) is 10.6. The van der Waals surface area contributed by atoms with Crippen LogP contribution in [-0.4, -0.2) is 131 Å². The van der Waals surface area contributed by atoms with Gasteiger partial charge in [-0.3, -0.25) is 24.2 Å². The Morgan fingerprint density at radius 1 is 0.640 bits per heavy atom. The maximum atomic E-state index is 14.6. The molecular weight excluding hydrogens is 993 g/mol. The lowest BCUT2D eigenvalue weighted by Crippen LogP contribution is -2.53. The average Bonchev–Trinajstić information content (AvgIpc) is 3.85. The quantitative estimate of drug-likeness (QED) is 0.102. The van der Waals surface area contributed by atoms with Gasteiger partial charge >= 0.3 is 30.4 Å². The highest BCUT2D eigenvalue weighted by Crippen LogP contribution is 2.46. The van der Waals surface area contributed by atoms with Gasteiger partial charge in [-0.2, -0.15) is 36.9 Å². The predicted molar refractivity (Wildman–Crippen MR) is 251 cm³/mol. The first-order valence-electron chi connectivity index (χ1n) is 23.3. The Bertz CT molecular complexity index is 2940. The SMILES string of the molecule is C[N+](C)(CCCN1CC2=C(C1=O)[C@@H](c1ccc(C#N)cc1)N(CC(=O)[O-])C(=O)N2c1cccc(C(F)(F)F)c1)CCCN1CC2=C(C1=O)[C@@H](c1ccc(C#N)cc1)N(CC(=O)O)C(=O)N2c1cccc(C(F)(F)F)c1. The number of amides is 6. The number of urea groups is 2. The largest absolute Gasteiger partial charge is 0.548 e. The van der Waals surface area contributed by atoms with Crippen molar-refractivity contribution in [1.29, 1.82) is 10.5 Å². The number of hydrogen-bond acceptors (Lipinski definition) is 9. The molecule has 4 aliphatic rings. The molecule has 388 valence electrons. The van der Waals surface area contributed by atoms with E-state index in [1.807, 2.05) is 26.2 Å². The van der Waals surface area contributed by atoms with Crippen molar-refractivity contribution in [3.8, 4) is 12.1 Å². The summed E-state index contributed by atoms with van der Waals surface area (Å²) >= 11 is 0. The first-order chi connectivity index (χ1) is 35.4. The van der Waals surface area contributed by atoms with Crippen LogP contribution in [0, 0.1) is 22.7 Å². The smallest absolute Gasteiger partial charge is 0.416 e. The summed E-state index contributed by atoms with van der Waals surface area (Å²) in [5.41, 5.74) is -1.67. The molecule has 1 N–H and O–H groups in total. The number of halogens is 6. The molecule has 23 heteroatoms. The Hall–Kier alpha value is -8.70. The van der Waals surface area contributed by atoms with Crippen LogP contribution >= 0.6 is 0 Å². The number of carbonyl (C=O) groups is 6. The number of aliphatic carboxylic acids is 2. The van der Waals surface area contributed by atoms with Crippen molar-refractivity contribution in [2.75, 3.05) is 76.3 Å². The van der Waals surface area contributed by atoms with Crippen LogP contribution in [0.25, 0.3) is 0 Å². The van der Waals surface area contributed by atoms with E-state index < -0.39 is 84.5 Å². The highest BCUT2D eigenvalue weighted by atomic mass is 19.4. The van der Waals surface area contributed by atoms with Crippen molar-refractivity contribution < 1.29 is 69.8 Å². The van der Waals surface area contributed by atoms with Crippen molar-refractivity contribution in [2.24, 2.45) is 0 Å². The number of alkyl halides is 6. The molecule has 17 nitrogen and oxygen atoms in total. The summed E-state index contributed by atoms with van der Waals surface area (Å²) in [5.74, 6) is -4.37. The first kappa shape index (κ1) is 52.6. The van der Waals surface area contributed by atoms with Crippen molar-refractivity contribution in [2.45, 2.75) is 37.3 Å². The van der Waals surface area contributed by atoms with E-state index in [0.717, 1.165) is 56.0 Å². The summed E-state index contributed by atoms with van der Waals surface area (Å²) in [6.07, 6.45) is -8.95. The molecule has 4 aliphatic heterocycles. The lowest BCUT2D eigenvalue weighted by atomic mass is 9.92. The maximum Gasteiger partial charge on any atom is 0.416 e. The molecule has 8 rings (SSSR count). The van der Waals surface area contributed by atoms with E-state index in [1.165, 1.54) is 70.5 Å². The number of anilines is 2. The van der Waals surface area contributed by atoms with Crippen molar-refractivity contribution in [3.63, 3.8) is 0 Å². The van der Waals surface area contributed by atoms with Crippen LogP contribution in [0.1, 0.15) is 58.3 Å². The minimum atomic E-state index is -4.82. The molecule has 0 aliphatic carbocycles. The summed E-state index contributed by atoms with van der Waals surface area (Å²) in [4.78, 5) is 88.6. The molecule has 4 aromatic rings. The zero-order valence-electron chi connectivity index (χ0n) is 40.1. The molecular formula is C52H45F6N9O8. The molecule has 0 fully saturated rings. The lowest BCUT2D eigenvalue weighted by Gasteiger charge is -2.42. The van der Waals surface area contributed by atoms with E-state index >= 15 is 0 Å². The van der Waals surface area contributed by atoms with E-state index in [1.54, 1.807) is 0 Å². The van der Waals surface area contributed by atoms with Gasteiger partial charge in [0.1, 0.15) is 6.54 Å². The highest BCUT2D eigenvalue weighted by molar-refractivity contribution is 6.09. The molecule has 75 heavy (non-hydrogen) atoms. The highest BCUT2D eigenvalue weighted by Gasteiger charge is 2.51. The van der Waals surface area contributed by atoms with Gasteiger partial charge in [-0.05, 0) is 71.8 Å². The van der Waals surface area contributed by atoms with Gasteiger partial charge in [0, 0.05) is 25.9 Å². The van der Waals surface area contributed by atoms with Crippen LogP contribution in [0.2, 0.25) is 0 Å².